The molecule has 0 aliphatic carbocycles. The minimum atomic E-state index is -1.23. The highest BCUT2D eigenvalue weighted by molar-refractivity contribution is 7.13. The van der Waals surface area contributed by atoms with Crippen molar-refractivity contribution in [1.29, 1.82) is 0 Å². The number of amides is 2. The van der Waals surface area contributed by atoms with Gasteiger partial charge in [0.25, 0.3) is 0 Å². The van der Waals surface area contributed by atoms with Gasteiger partial charge >= 0.3 is 0 Å². The molecule has 6 nitrogen and oxygen atoms in total. The Hall–Kier alpha value is -2.32. The Morgan fingerprint density at radius 1 is 1.29 bits per heavy atom. The number of nitrogens with one attached hydrogen (secondary N) is 1. The zero-order valence-electron chi connectivity index (χ0n) is 18.7. The van der Waals surface area contributed by atoms with Crippen LogP contribution in [0.2, 0.25) is 0 Å². The molecule has 1 aromatic heterocycles. The van der Waals surface area contributed by atoms with Crippen molar-refractivity contribution in [2.75, 3.05) is 6.54 Å². The standard InChI is InChI=1S/C23H31FN4O2S/c1-13(15-6-8-16(9-7-15)19-14(2)26-12-31-19)27-21(29)18-10-17(24)11-28(18)22(30)20(25)23(3,4)5/h6-9,12-13,17-18,20H,10-11,25H2,1-5H3,(H,27,29)/t13?,17-,18-,20?/m0/s1. The van der Waals surface area contributed by atoms with Crippen LogP contribution in [0.15, 0.2) is 29.8 Å². The molecule has 1 aromatic carbocycles. The van der Waals surface area contributed by atoms with Crippen LogP contribution in [0.25, 0.3) is 10.4 Å². The normalized spacial score (nSPS) is 21.1. The lowest BCUT2D eigenvalue weighted by molar-refractivity contribution is -0.141. The summed E-state index contributed by atoms with van der Waals surface area (Å²) in [5.41, 5.74) is 10.4. The Balaban J connectivity index is 1.69. The fourth-order valence-corrected chi connectivity index (χ4v) is 4.53. The van der Waals surface area contributed by atoms with Crippen LogP contribution < -0.4 is 11.1 Å². The van der Waals surface area contributed by atoms with Gasteiger partial charge in [0.15, 0.2) is 0 Å². The van der Waals surface area contributed by atoms with Crippen LogP contribution in [0.4, 0.5) is 4.39 Å². The molecule has 2 unspecified atom stereocenters. The number of carbonyl (C=O) groups excluding carboxylic acids is 2. The second-order valence-corrected chi connectivity index (χ2v) is 10.2. The van der Waals surface area contributed by atoms with E-state index < -0.39 is 23.7 Å². The Morgan fingerprint density at radius 2 is 1.94 bits per heavy atom. The van der Waals surface area contributed by atoms with Gasteiger partial charge in [0.05, 0.1) is 34.7 Å². The summed E-state index contributed by atoms with van der Waals surface area (Å²) in [5, 5.41) is 2.94. The number of aryl methyl sites for hydroxylation is 1. The Bertz CT molecular complexity index is 938. The SMILES string of the molecule is Cc1ncsc1-c1ccc(C(C)NC(=O)[C@@H]2C[C@H](F)CN2C(=O)C(N)C(C)(C)C)cc1. The second kappa shape index (κ2) is 9.04. The third-order valence-corrected chi connectivity index (χ3v) is 6.79. The van der Waals surface area contributed by atoms with E-state index in [1.54, 1.807) is 11.3 Å². The Morgan fingerprint density at radius 3 is 2.48 bits per heavy atom. The second-order valence-electron chi connectivity index (χ2n) is 9.30. The zero-order valence-corrected chi connectivity index (χ0v) is 19.5. The Labute approximate surface area is 187 Å². The van der Waals surface area contributed by atoms with E-state index in [4.69, 9.17) is 5.73 Å². The summed E-state index contributed by atoms with van der Waals surface area (Å²) in [6, 6.07) is 6.00. The number of likely N-dealkylation sites (tertiary alicyclic amines) is 1. The van der Waals surface area contributed by atoms with Crippen molar-refractivity contribution >= 4 is 23.2 Å². The predicted octanol–water partition coefficient (Wildman–Crippen LogP) is 3.61. The van der Waals surface area contributed by atoms with Crippen LogP contribution in [-0.2, 0) is 9.59 Å². The van der Waals surface area contributed by atoms with Crippen LogP contribution >= 0.6 is 11.3 Å². The molecule has 4 atom stereocenters. The van der Waals surface area contributed by atoms with E-state index in [2.05, 4.69) is 10.3 Å². The molecule has 3 N–H and O–H groups in total. The van der Waals surface area contributed by atoms with Gasteiger partial charge < -0.3 is 16.0 Å². The fourth-order valence-electron chi connectivity index (χ4n) is 3.72. The first-order valence-corrected chi connectivity index (χ1v) is 11.4. The molecule has 168 valence electrons. The van der Waals surface area contributed by atoms with E-state index in [0.29, 0.717) is 0 Å². The molecule has 1 aliphatic rings. The van der Waals surface area contributed by atoms with Gasteiger partial charge in [-0.2, -0.15) is 0 Å². The number of nitrogens with zero attached hydrogens (tertiary/aromatic N) is 2. The molecule has 1 aliphatic heterocycles. The number of rotatable bonds is 5. The van der Waals surface area contributed by atoms with E-state index in [1.807, 2.05) is 64.4 Å². The lowest BCUT2D eigenvalue weighted by atomic mass is 9.86. The molecule has 1 saturated heterocycles. The maximum absolute atomic E-state index is 14.2. The first-order valence-electron chi connectivity index (χ1n) is 10.5. The number of hydrogen-bond donors (Lipinski definition) is 2. The molecule has 31 heavy (non-hydrogen) atoms. The highest BCUT2D eigenvalue weighted by Crippen LogP contribution is 2.29. The maximum atomic E-state index is 14.2. The van der Waals surface area contributed by atoms with Gasteiger partial charge in [-0.15, -0.1) is 11.3 Å². The average Bonchev–Trinajstić information content (AvgIpc) is 3.31. The van der Waals surface area contributed by atoms with Crippen molar-refractivity contribution in [3.63, 3.8) is 0 Å². The highest BCUT2D eigenvalue weighted by atomic mass is 32.1. The number of carbonyl (C=O) groups is 2. The summed E-state index contributed by atoms with van der Waals surface area (Å²) < 4.78 is 14.2. The van der Waals surface area contributed by atoms with Gasteiger partial charge in [-0.25, -0.2) is 9.37 Å². The summed E-state index contributed by atoms with van der Waals surface area (Å²) in [7, 11) is 0. The summed E-state index contributed by atoms with van der Waals surface area (Å²) in [5.74, 6) is -0.741. The largest absolute Gasteiger partial charge is 0.348 e. The van der Waals surface area contributed by atoms with Crippen LogP contribution in [0.1, 0.15) is 51.4 Å². The molecule has 0 saturated carbocycles. The number of halogens is 1. The summed E-state index contributed by atoms with van der Waals surface area (Å²) >= 11 is 1.59. The minimum Gasteiger partial charge on any atom is -0.348 e. The third kappa shape index (κ3) is 5.13. The smallest absolute Gasteiger partial charge is 0.243 e. The molecule has 2 aromatic rings. The van der Waals surface area contributed by atoms with Crippen molar-refractivity contribution in [1.82, 2.24) is 15.2 Å². The van der Waals surface area contributed by atoms with Crippen LogP contribution in [0.5, 0.6) is 0 Å². The number of benzene rings is 1. The van der Waals surface area contributed by atoms with Gasteiger partial charge in [0.1, 0.15) is 12.2 Å². The van der Waals surface area contributed by atoms with Gasteiger partial charge in [0, 0.05) is 6.42 Å². The monoisotopic (exact) mass is 446 g/mol. The molecule has 1 fully saturated rings. The van der Waals surface area contributed by atoms with Crippen LogP contribution in [-0.4, -0.2) is 46.5 Å². The van der Waals surface area contributed by atoms with Crippen molar-refractivity contribution < 1.29 is 14.0 Å². The number of alkyl halides is 1. The number of thiazole rings is 1. The third-order valence-electron chi connectivity index (χ3n) is 5.81. The highest BCUT2D eigenvalue weighted by Gasteiger charge is 2.43. The molecule has 0 bridgehead atoms. The van der Waals surface area contributed by atoms with E-state index in [9.17, 15) is 14.0 Å². The lowest BCUT2D eigenvalue weighted by Gasteiger charge is -2.32. The summed E-state index contributed by atoms with van der Waals surface area (Å²) in [6.45, 7) is 9.31. The van der Waals surface area contributed by atoms with E-state index in [0.717, 1.165) is 21.7 Å². The summed E-state index contributed by atoms with van der Waals surface area (Å²) in [6.07, 6.45) is -1.24. The molecule has 0 radical (unpaired) electrons. The molecule has 8 heteroatoms. The molecule has 3 rings (SSSR count). The first kappa shape index (κ1) is 23.3. The van der Waals surface area contributed by atoms with E-state index in [1.165, 1.54) is 4.90 Å². The van der Waals surface area contributed by atoms with Crippen LogP contribution in [0, 0.1) is 12.3 Å². The van der Waals surface area contributed by atoms with Gasteiger partial charge in [-0.3, -0.25) is 9.59 Å². The van der Waals surface area contributed by atoms with Crippen molar-refractivity contribution in [2.45, 2.75) is 65.3 Å². The quantitative estimate of drug-likeness (QED) is 0.734. The topological polar surface area (TPSA) is 88.3 Å². The van der Waals surface area contributed by atoms with E-state index in [-0.39, 0.29) is 30.8 Å². The van der Waals surface area contributed by atoms with Crippen LogP contribution in [0.3, 0.4) is 0 Å². The molecule has 2 amide bonds. The Kier molecular flexibility index (Phi) is 6.81. The summed E-state index contributed by atoms with van der Waals surface area (Å²) in [4.78, 5) is 32.5. The van der Waals surface area contributed by atoms with Gasteiger partial charge in [0.2, 0.25) is 11.8 Å². The zero-order chi connectivity index (χ0) is 22.9. The van der Waals surface area contributed by atoms with E-state index >= 15 is 0 Å². The first-order chi connectivity index (χ1) is 14.5. The predicted molar refractivity (Wildman–Crippen MR) is 121 cm³/mol. The van der Waals surface area contributed by atoms with Crippen molar-refractivity contribution in [3.05, 3.63) is 41.0 Å². The average molecular weight is 447 g/mol. The molecule has 2 heterocycles. The molecular formula is C23H31FN4O2S. The lowest BCUT2D eigenvalue weighted by Crippen LogP contribution is -2.55. The van der Waals surface area contributed by atoms with Gasteiger partial charge in [-0.1, -0.05) is 45.0 Å². The fraction of sp³-hybridized carbons (Fsp3) is 0.522. The minimum absolute atomic E-state index is 0.00918. The maximum Gasteiger partial charge on any atom is 0.243 e. The molecular weight excluding hydrogens is 415 g/mol. The molecule has 0 spiro atoms. The number of hydrogen-bond acceptors (Lipinski definition) is 5. The van der Waals surface area contributed by atoms with Crippen molar-refractivity contribution in [3.8, 4) is 10.4 Å². The van der Waals surface area contributed by atoms with Crippen molar-refractivity contribution in [2.24, 2.45) is 11.1 Å². The number of aromatic nitrogens is 1. The number of nitrogens with two attached hydrogens (primary N) is 1. The van der Waals surface area contributed by atoms with Gasteiger partial charge in [-0.05, 0) is 30.4 Å².